The Morgan fingerprint density at radius 3 is 2.94 bits per heavy atom. The van der Waals surface area contributed by atoms with Crippen LogP contribution in [-0.4, -0.2) is 31.3 Å². The van der Waals surface area contributed by atoms with Gasteiger partial charge < -0.3 is 15.8 Å². The molecule has 0 aliphatic carbocycles. The maximum Gasteiger partial charge on any atom is 0.110 e. The van der Waals surface area contributed by atoms with Crippen molar-refractivity contribution in [1.29, 1.82) is 0 Å². The van der Waals surface area contributed by atoms with Crippen LogP contribution in [0.1, 0.15) is 36.5 Å². The van der Waals surface area contributed by atoms with Gasteiger partial charge in [-0.25, -0.2) is 4.98 Å². The fraction of sp³-hybridized carbons (Fsp3) is 0.750. The highest BCUT2D eigenvalue weighted by atomic mass is 32.1. The molecule has 17 heavy (non-hydrogen) atoms. The van der Waals surface area contributed by atoms with Gasteiger partial charge in [0.2, 0.25) is 0 Å². The van der Waals surface area contributed by atoms with Gasteiger partial charge in [-0.2, -0.15) is 0 Å². The lowest BCUT2D eigenvalue weighted by Gasteiger charge is -2.16. The number of hydrogen-bond acceptors (Lipinski definition) is 5. The fourth-order valence-corrected chi connectivity index (χ4v) is 2.41. The summed E-state index contributed by atoms with van der Waals surface area (Å²) in [5, 5.41) is 6.63. The van der Waals surface area contributed by atoms with E-state index >= 15 is 0 Å². The van der Waals surface area contributed by atoms with Crippen molar-refractivity contribution in [3.05, 3.63) is 16.1 Å². The SMILES string of the molecule is COCCCC(N)CNC(C)c1nc(C)cs1. The van der Waals surface area contributed by atoms with E-state index in [-0.39, 0.29) is 12.1 Å². The maximum atomic E-state index is 6.01. The summed E-state index contributed by atoms with van der Waals surface area (Å²) in [7, 11) is 1.72. The average Bonchev–Trinajstić information content (AvgIpc) is 2.73. The number of rotatable bonds is 8. The molecule has 0 saturated carbocycles. The third kappa shape index (κ3) is 5.59. The lowest BCUT2D eigenvalue weighted by atomic mass is 10.1. The highest BCUT2D eigenvalue weighted by Crippen LogP contribution is 2.17. The van der Waals surface area contributed by atoms with Crippen LogP contribution in [0, 0.1) is 6.92 Å². The molecule has 0 fully saturated rings. The summed E-state index contributed by atoms with van der Waals surface area (Å²) in [4.78, 5) is 4.46. The zero-order valence-corrected chi connectivity index (χ0v) is 11.7. The van der Waals surface area contributed by atoms with Gasteiger partial charge in [0.05, 0.1) is 6.04 Å². The molecule has 0 saturated heterocycles. The molecular formula is C12H23N3OS. The van der Waals surface area contributed by atoms with E-state index in [1.54, 1.807) is 18.4 Å². The summed E-state index contributed by atoms with van der Waals surface area (Å²) in [5.74, 6) is 0. The van der Waals surface area contributed by atoms with E-state index in [4.69, 9.17) is 10.5 Å². The molecule has 2 atom stereocenters. The topological polar surface area (TPSA) is 60.2 Å². The third-order valence-electron chi connectivity index (χ3n) is 2.62. The summed E-state index contributed by atoms with van der Waals surface area (Å²) in [6.45, 7) is 5.75. The molecule has 0 amide bonds. The van der Waals surface area contributed by atoms with Crippen LogP contribution in [0.4, 0.5) is 0 Å². The van der Waals surface area contributed by atoms with Gasteiger partial charge in [0.1, 0.15) is 5.01 Å². The van der Waals surface area contributed by atoms with Gasteiger partial charge in [0.15, 0.2) is 0 Å². The first-order valence-corrected chi connectivity index (χ1v) is 6.91. The van der Waals surface area contributed by atoms with Crippen LogP contribution in [0.25, 0.3) is 0 Å². The van der Waals surface area contributed by atoms with E-state index < -0.39 is 0 Å². The second-order valence-electron chi connectivity index (χ2n) is 4.35. The molecule has 1 aromatic rings. The Kier molecular flexibility index (Phi) is 6.65. The predicted molar refractivity (Wildman–Crippen MR) is 72.4 cm³/mol. The molecule has 98 valence electrons. The molecule has 1 rings (SSSR count). The Morgan fingerprint density at radius 1 is 1.59 bits per heavy atom. The van der Waals surface area contributed by atoms with Crippen molar-refractivity contribution in [2.45, 2.75) is 38.8 Å². The number of aryl methyl sites for hydroxylation is 1. The average molecular weight is 257 g/mol. The molecule has 3 N–H and O–H groups in total. The van der Waals surface area contributed by atoms with Crippen molar-refractivity contribution in [2.24, 2.45) is 5.73 Å². The van der Waals surface area contributed by atoms with Gasteiger partial charge in [-0.05, 0) is 26.7 Å². The van der Waals surface area contributed by atoms with E-state index in [2.05, 4.69) is 22.6 Å². The third-order valence-corrected chi connectivity index (χ3v) is 3.76. The standard InChI is InChI=1S/C12H23N3OS/c1-9-8-17-12(15-9)10(2)14-7-11(13)5-4-6-16-3/h8,10-11,14H,4-7,13H2,1-3H3. The lowest BCUT2D eigenvalue weighted by molar-refractivity contribution is 0.190. The normalized spacial score (nSPS) is 14.8. The van der Waals surface area contributed by atoms with Gasteiger partial charge in [-0.3, -0.25) is 0 Å². The molecular weight excluding hydrogens is 234 g/mol. The van der Waals surface area contributed by atoms with Crippen LogP contribution < -0.4 is 11.1 Å². The second-order valence-corrected chi connectivity index (χ2v) is 5.24. The molecule has 0 spiro atoms. The van der Waals surface area contributed by atoms with Crippen LogP contribution in [-0.2, 0) is 4.74 Å². The molecule has 4 nitrogen and oxygen atoms in total. The Bertz CT molecular complexity index is 316. The number of nitrogens with zero attached hydrogens (tertiary/aromatic N) is 1. The lowest BCUT2D eigenvalue weighted by Crippen LogP contribution is -2.35. The predicted octanol–water partition coefficient (Wildman–Crippen LogP) is 1.86. The van der Waals surface area contributed by atoms with Crippen LogP contribution in [0.3, 0.4) is 0 Å². The van der Waals surface area contributed by atoms with Crippen LogP contribution in [0.15, 0.2) is 5.38 Å². The first-order valence-electron chi connectivity index (χ1n) is 6.03. The second kappa shape index (κ2) is 7.76. The molecule has 5 heteroatoms. The fourth-order valence-electron chi connectivity index (χ4n) is 1.58. The monoisotopic (exact) mass is 257 g/mol. The number of nitrogens with two attached hydrogens (primary N) is 1. The largest absolute Gasteiger partial charge is 0.385 e. The number of nitrogens with one attached hydrogen (secondary N) is 1. The molecule has 0 radical (unpaired) electrons. The number of ether oxygens (including phenoxy) is 1. The van der Waals surface area contributed by atoms with Crippen molar-refractivity contribution in [3.8, 4) is 0 Å². The molecule has 0 aliphatic heterocycles. The molecule has 0 bridgehead atoms. The maximum absolute atomic E-state index is 6.01. The molecule has 1 aromatic heterocycles. The highest BCUT2D eigenvalue weighted by Gasteiger charge is 2.10. The first kappa shape index (κ1) is 14.6. The van der Waals surface area contributed by atoms with Crippen LogP contribution in [0.5, 0.6) is 0 Å². The van der Waals surface area contributed by atoms with Crippen molar-refractivity contribution in [2.75, 3.05) is 20.3 Å². The minimum absolute atomic E-state index is 0.189. The zero-order chi connectivity index (χ0) is 12.7. The van der Waals surface area contributed by atoms with E-state index in [1.807, 2.05) is 6.92 Å². The smallest absolute Gasteiger partial charge is 0.110 e. The highest BCUT2D eigenvalue weighted by molar-refractivity contribution is 7.09. The van der Waals surface area contributed by atoms with E-state index in [9.17, 15) is 0 Å². The summed E-state index contributed by atoms with van der Waals surface area (Å²) >= 11 is 1.70. The van der Waals surface area contributed by atoms with Crippen LogP contribution >= 0.6 is 11.3 Å². The van der Waals surface area contributed by atoms with Gasteiger partial charge in [-0.1, -0.05) is 0 Å². The first-order chi connectivity index (χ1) is 8.13. The van der Waals surface area contributed by atoms with Crippen molar-refractivity contribution < 1.29 is 4.74 Å². The summed E-state index contributed by atoms with van der Waals surface area (Å²) in [5.41, 5.74) is 7.10. The number of methoxy groups -OCH3 is 1. The molecule has 2 unspecified atom stereocenters. The van der Waals surface area contributed by atoms with Gasteiger partial charge in [0, 0.05) is 37.4 Å². The zero-order valence-electron chi connectivity index (χ0n) is 10.9. The van der Waals surface area contributed by atoms with Gasteiger partial charge in [0.25, 0.3) is 0 Å². The Balaban J connectivity index is 2.21. The molecule has 1 heterocycles. The minimum Gasteiger partial charge on any atom is -0.385 e. The van der Waals surface area contributed by atoms with Gasteiger partial charge in [-0.15, -0.1) is 11.3 Å². The van der Waals surface area contributed by atoms with E-state index in [0.29, 0.717) is 0 Å². The Hall–Kier alpha value is -0.490. The van der Waals surface area contributed by atoms with Gasteiger partial charge >= 0.3 is 0 Å². The Labute approximate surface area is 108 Å². The van der Waals surface area contributed by atoms with Crippen molar-refractivity contribution >= 4 is 11.3 Å². The van der Waals surface area contributed by atoms with Crippen LogP contribution in [0.2, 0.25) is 0 Å². The number of hydrogen-bond donors (Lipinski definition) is 2. The summed E-state index contributed by atoms with van der Waals surface area (Å²) in [6, 6.07) is 0.468. The minimum atomic E-state index is 0.189. The summed E-state index contributed by atoms with van der Waals surface area (Å²) < 4.78 is 5.01. The summed E-state index contributed by atoms with van der Waals surface area (Å²) in [6.07, 6.45) is 2.01. The van der Waals surface area contributed by atoms with Crippen molar-refractivity contribution in [1.82, 2.24) is 10.3 Å². The van der Waals surface area contributed by atoms with Crippen molar-refractivity contribution in [3.63, 3.8) is 0 Å². The Morgan fingerprint density at radius 2 is 2.35 bits per heavy atom. The number of aromatic nitrogens is 1. The quantitative estimate of drug-likeness (QED) is 0.698. The van der Waals surface area contributed by atoms with E-state index in [0.717, 1.165) is 36.7 Å². The molecule has 0 aromatic carbocycles. The molecule has 0 aliphatic rings. The number of thiazole rings is 1. The van der Waals surface area contributed by atoms with E-state index in [1.165, 1.54) is 0 Å².